The van der Waals surface area contributed by atoms with Crippen LogP contribution in [0.3, 0.4) is 0 Å². The van der Waals surface area contributed by atoms with Gasteiger partial charge in [-0.1, -0.05) is 6.92 Å². The van der Waals surface area contributed by atoms with Gasteiger partial charge >= 0.3 is 17.8 Å². The van der Waals surface area contributed by atoms with Gasteiger partial charge in [0.15, 0.2) is 18.1 Å². The van der Waals surface area contributed by atoms with E-state index in [1.165, 1.54) is 6.92 Å². The SMILES string of the molecule is CCC(=O)OC(C)(C)CC(=O)OCc1oc(=O)oc1C. The molecule has 0 aliphatic heterocycles. The van der Waals surface area contributed by atoms with Crippen molar-refractivity contribution in [1.29, 1.82) is 0 Å². The molecule has 0 atom stereocenters. The topological polar surface area (TPSA) is 96.0 Å². The molecule has 0 aliphatic carbocycles. The molecule has 7 nitrogen and oxygen atoms in total. The highest BCUT2D eigenvalue weighted by atomic mass is 16.6. The van der Waals surface area contributed by atoms with E-state index in [0.717, 1.165) is 0 Å². The van der Waals surface area contributed by atoms with Gasteiger partial charge in [0.2, 0.25) is 0 Å². The molecule has 0 saturated heterocycles. The van der Waals surface area contributed by atoms with Crippen LogP contribution in [0, 0.1) is 6.92 Å². The second-order valence-corrected chi connectivity index (χ2v) is 4.86. The fourth-order valence-corrected chi connectivity index (χ4v) is 1.47. The molecule has 0 amide bonds. The normalized spacial score (nSPS) is 11.2. The zero-order valence-electron chi connectivity index (χ0n) is 12.0. The summed E-state index contributed by atoms with van der Waals surface area (Å²) in [6.07, 6.45) is 0.137. The van der Waals surface area contributed by atoms with Crippen molar-refractivity contribution in [2.24, 2.45) is 0 Å². The molecule has 1 rings (SSSR count). The van der Waals surface area contributed by atoms with Crippen molar-refractivity contribution >= 4 is 11.9 Å². The lowest BCUT2D eigenvalue weighted by Crippen LogP contribution is -2.31. The molecule has 0 N–H and O–H groups in total. The molecule has 7 heteroatoms. The van der Waals surface area contributed by atoms with Crippen molar-refractivity contribution in [3.63, 3.8) is 0 Å². The van der Waals surface area contributed by atoms with Crippen LogP contribution in [0.25, 0.3) is 0 Å². The Hall–Kier alpha value is -2.05. The first-order valence-corrected chi connectivity index (χ1v) is 6.20. The van der Waals surface area contributed by atoms with Gasteiger partial charge in [0.05, 0.1) is 6.42 Å². The second kappa shape index (κ2) is 6.40. The third kappa shape index (κ3) is 4.91. The predicted octanol–water partition coefficient (Wildman–Crippen LogP) is 1.71. The van der Waals surface area contributed by atoms with Crippen LogP contribution in [-0.2, 0) is 25.7 Å². The highest BCUT2D eigenvalue weighted by Gasteiger charge is 2.27. The molecular weight excluding hydrogens is 268 g/mol. The quantitative estimate of drug-likeness (QED) is 0.734. The monoisotopic (exact) mass is 286 g/mol. The van der Waals surface area contributed by atoms with E-state index in [-0.39, 0.29) is 36.9 Å². The lowest BCUT2D eigenvalue weighted by atomic mass is 10.1. The Bertz CT molecular complexity index is 535. The molecular formula is C13H18O7. The van der Waals surface area contributed by atoms with E-state index >= 15 is 0 Å². The lowest BCUT2D eigenvalue weighted by Gasteiger charge is -2.23. The van der Waals surface area contributed by atoms with Crippen LogP contribution in [0.5, 0.6) is 0 Å². The first-order chi connectivity index (χ1) is 9.23. The molecule has 0 aliphatic rings. The van der Waals surface area contributed by atoms with Crippen LogP contribution in [0.2, 0.25) is 0 Å². The molecule has 0 aromatic carbocycles. The van der Waals surface area contributed by atoms with E-state index < -0.39 is 17.4 Å². The molecule has 0 unspecified atom stereocenters. The lowest BCUT2D eigenvalue weighted by molar-refractivity contribution is -0.163. The number of hydrogen-bond acceptors (Lipinski definition) is 7. The summed E-state index contributed by atoms with van der Waals surface area (Å²) in [6, 6.07) is 0. The number of aryl methyl sites for hydroxylation is 1. The van der Waals surface area contributed by atoms with Crippen molar-refractivity contribution in [2.45, 2.75) is 52.7 Å². The van der Waals surface area contributed by atoms with Gasteiger partial charge in [-0.2, -0.15) is 0 Å². The second-order valence-electron chi connectivity index (χ2n) is 4.86. The highest BCUT2D eigenvalue weighted by Crippen LogP contribution is 2.17. The number of rotatable bonds is 6. The van der Waals surface area contributed by atoms with Crippen molar-refractivity contribution in [3.05, 3.63) is 22.1 Å². The van der Waals surface area contributed by atoms with Gasteiger partial charge in [0.1, 0.15) is 5.60 Å². The summed E-state index contributed by atoms with van der Waals surface area (Å²) >= 11 is 0. The predicted molar refractivity (Wildman–Crippen MR) is 66.9 cm³/mol. The van der Waals surface area contributed by atoms with E-state index in [1.807, 2.05) is 0 Å². The fourth-order valence-electron chi connectivity index (χ4n) is 1.47. The van der Waals surface area contributed by atoms with E-state index in [2.05, 4.69) is 4.42 Å². The van der Waals surface area contributed by atoms with Crippen molar-refractivity contribution in [3.8, 4) is 0 Å². The smallest absolute Gasteiger partial charge is 0.459 e. The first kappa shape index (κ1) is 16.0. The number of carbonyl (C=O) groups excluding carboxylic acids is 2. The molecule has 1 heterocycles. The van der Waals surface area contributed by atoms with E-state index in [4.69, 9.17) is 13.9 Å². The largest absolute Gasteiger partial charge is 0.519 e. The van der Waals surface area contributed by atoms with Crippen LogP contribution in [0.15, 0.2) is 13.6 Å². The molecule has 20 heavy (non-hydrogen) atoms. The van der Waals surface area contributed by atoms with Crippen LogP contribution >= 0.6 is 0 Å². The summed E-state index contributed by atoms with van der Waals surface area (Å²) in [5.41, 5.74) is -0.948. The standard InChI is InChI=1S/C13H18O7/c1-5-10(14)20-13(3,4)6-11(15)17-7-9-8(2)18-12(16)19-9/h5-7H2,1-4H3. The first-order valence-electron chi connectivity index (χ1n) is 6.20. The van der Waals surface area contributed by atoms with Crippen molar-refractivity contribution in [1.82, 2.24) is 0 Å². The maximum absolute atomic E-state index is 11.7. The van der Waals surface area contributed by atoms with Crippen LogP contribution < -0.4 is 5.82 Å². The zero-order valence-corrected chi connectivity index (χ0v) is 12.0. The summed E-state index contributed by atoms with van der Waals surface area (Å²) in [5, 5.41) is 0. The molecule has 112 valence electrons. The molecule has 1 aromatic rings. The minimum atomic E-state index is -0.948. The molecule has 0 spiro atoms. The van der Waals surface area contributed by atoms with Gasteiger partial charge in [0, 0.05) is 6.42 Å². The van der Waals surface area contributed by atoms with Gasteiger partial charge < -0.3 is 18.3 Å². The number of ether oxygens (including phenoxy) is 2. The van der Waals surface area contributed by atoms with Crippen LogP contribution in [0.4, 0.5) is 0 Å². The Morgan fingerprint density at radius 3 is 2.35 bits per heavy atom. The maximum atomic E-state index is 11.7. The Kier molecular flexibility index (Phi) is 5.12. The van der Waals surface area contributed by atoms with Crippen molar-refractivity contribution < 1.29 is 27.9 Å². The number of carbonyl (C=O) groups is 2. The Morgan fingerprint density at radius 1 is 1.20 bits per heavy atom. The summed E-state index contributed by atoms with van der Waals surface area (Å²) in [5.74, 6) is -1.38. The molecule has 0 radical (unpaired) electrons. The minimum absolute atomic E-state index is 0.0974. The summed E-state index contributed by atoms with van der Waals surface area (Å²) in [7, 11) is 0. The number of hydrogen-bond donors (Lipinski definition) is 0. The van der Waals surface area contributed by atoms with E-state index in [9.17, 15) is 14.4 Å². The molecule has 0 saturated carbocycles. The molecule has 0 bridgehead atoms. The maximum Gasteiger partial charge on any atom is 0.519 e. The van der Waals surface area contributed by atoms with E-state index in [0.29, 0.717) is 0 Å². The number of esters is 2. The van der Waals surface area contributed by atoms with Crippen LogP contribution in [-0.4, -0.2) is 17.5 Å². The van der Waals surface area contributed by atoms with Gasteiger partial charge in [-0.25, -0.2) is 4.79 Å². The van der Waals surface area contributed by atoms with Crippen molar-refractivity contribution in [2.75, 3.05) is 0 Å². The Labute approximate surface area is 115 Å². The highest BCUT2D eigenvalue weighted by molar-refractivity contribution is 5.73. The Morgan fingerprint density at radius 2 is 1.85 bits per heavy atom. The Balaban J connectivity index is 2.49. The molecule has 0 fully saturated rings. The fraction of sp³-hybridized carbons (Fsp3) is 0.615. The zero-order chi connectivity index (χ0) is 15.3. The third-order valence-corrected chi connectivity index (χ3v) is 2.45. The average molecular weight is 286 g/mol. The third-order valence-electron chi connectivity index (χ3n) is 2.45. The van der Waals surface area contributed by atoms with Crippen LogP contribution in [0.1, 0.15) is 45.1 Å². The van der Waals surface area contributed by atoms with Gasteiger partial charge in [-0.15, -0.1) is 0 Å². The minimum Gasteiger partial charge on any atom is -0.459 e. The van der Waals surface area contributed by atoms with Gasteiger partial charge in [-0.3, -0.25) is 9.59 Å². The summed E-state index contributed by atoms with van der Waals surface area (Å²) in [6.45, 7) is 6.23. The summed E-state index contributed by atoms with van der Waals surface area (Å²) < 4.78 is 19.4. The van der Waals surface area contributed by atoms with Gasteiger partial charge in [0.25, 0.3) is 0 Å². The average Bonchev–Trinajstić information content (AvgIpc) is 2.63. The van der Waals surface area contributed by atoms with Gasteiger partial charge in [-0.05, 0) is 20.8 Å². The summed E-state index contributed by atoms with van der Waals surface area (Å²) in [4.78, 5) is 33.7. The molecule has 1 aromatic heterocycles. The van der Waals surface area contributed by atoms with E-state index in [1.54, 1.807) is 20.8 Å².